The van der Waals surface area contributed by atoms with Crippen LogP contribution in [0.4, 0.5) is 0 Å². The normalized spacial score (nSPS) is 11.2. The van der Waals surface area contributed by atoms with Crippen molar-refractivity contribution in [2.45, 2.75) is 49.3 Å². The van der Waals surface area contributed by atoms with E-state index in [1.807, 2.05) is 34.0 Å². The highest BCUT2D eigenvalue weighted by Gasteiger charge is 2.19. The highest BCUT2D eigenvalue weighted by molar-refractivity contribution is 7.98. The van der Waals surface area contributed by atoms with Gasteiger partial charge in [-0.05, 0) is 110 Å². The van der Waals surface area contributed by atoms with E-state index in [0.717, 1.165) is 12.8 Å². The lowest BCUT2D eigenvalue weighted by Crippen LogP contribution is -1.93. The Morgan fingerprint density at radius 2 is 1.02 bits per heavy atom. The Kier molecular flexibility index (Phi) is 10.0. The van der Waals surface area contributed by atoms with Gasteiger partial charge in [0.2, 0.25) is 0 Å². The predicted octanol–water partition coefficient (Wildman–Crippen LogP) is 11.0. The molecule has 210 valence electrons. The number of aryl methyl sites for hydroxylation is 2. The lowest BCUT2D eigenvalue weighted by molar-refractivity contribution is -0.117. The van der Waals surface area contributed by atoms with Crippen LogP contribution in [0.1, 0.15) is 37.8 Å². The number of ketones is 2. The van der Waals surface area contributed by atoms with Crippen molar-refractivity contribution in [3.63, 3.8) is 0 Å². The van der Waals surface area contributed by atoms with Gasteiger partial charge in [-0.1, -0.05) is 24.3 Å². The van der Waals surface area contributed by atoms with Gasteiger partial charge < -0.3 is 9.59 Å². The van der Waals surface area contributed by atoms with Gasteiger partial charge in [0, 0.05) is 51.9 Å². The third-order valence-corrected chi connectivity index (χ3v) is 12.2. The van der Waals surface area contributed by atoms with Gasteiger partial charge in [-0.3, -0.25) is 0 Å². The number of hydrogen-bond acceptors (Lipinski definition) is 7. The second-order valence-electron chi connectivity index (χ2n) is 9.96. The molecule has 3 heterocycles. The molecule has 0 aliphatic heterocycles. The van der Waals surface area contributed by atoms with Gasteiger partial charge in [-0.15, -0.1) is 57.5 Å². The molecule has 0 amide bonds. The number of hydrogen-bond donors (Lipinski definition) is 0. The molecule has 2 aromatic carbocycles. The third kappa shape index (κ3) is 7.33. The molecular weight excluding hydrogens is 601 g/mol. The van der Waals surface area contributed by atoms with Crippen molar-refractivity contribution < 1.29 is 9.59 Å². The van der Waals surface area contributed by atoms with Gasteiger partial charge >= 0.3 is 0 Å². The first-order chi connectivity index (χ1) is 19.8. The molecule has 3 aromatic heterocycles. The van der Waals surface area contributed by atoms with Gasteiger partial charge in [0.1, 0.15) is 11.6 Å². The van der Waals surface area contributed by atoms with Gasteiger partial charge in [-0.2, -0.15) is 0 Å². The lowest BCUT2D eigenvalue weighted by Gasteiger charge is -2.01. The van der Waals surface area contributed by atoms with Crippen molar-refractivity contribution in [3.05, 3.63) is 83.9 Å². The van der Waals surface area contributed by atoms with Crippen molar-refractivity contribution in [2.24, 2.45) is 0 Å². The predicted molar refractivity (Wildman–Crippen MR) is 183 cm³/mol. The van der Waals surface area contributed by atoms with Crippen LogP contribution >= 0.6 is 57.5 Å². The number of rotatable bonds is 12. The second kappa shape index (κ2) is 13.7. The molecule has 0 N–H and O–H groups in total. The number of Topliss-reactive ketones (excluding diaryl/α,β-unsaturated/α-hetero) is 2. The molecule has 0 aliphatic rings. The van der Waals surface area contributed by atoms with E-state index in [4.69, 9.17) is 0 Å². The second-order valence-corrected chi connectivity index (χ2v) is 14.9. The van der Waals surface area contributed by atoms with Crippen LogP contribution in [0.3, 0.4) is 0 Å². The number of thiophene rings is 3. The third-order valence-electron chi connectivity index (χ3n) is 6.87. The van der Waals surface area contributed by atoms with E-state index in [1.165, 1.54) is 61.3 Å². The van der Waals surface area contributed by atoms with Crippen LogP contribution in [0.25, 0.3) is 40.4 Å². The highest BCUT2D eigenvalue weighted by atomic mass is 32.2. The molecule has 5 rings (SSSR count). The number of benzene rings is 2. The quantitative estimate of drug-likeness (QED) is 0.128. The maximum Gasteiger partial charge on any atom is 0.130 e. The Morgan fingerprint density at radius 3 is 1.41 bits per heavy atom. The molecule has 0 spiro atoms. The van der Waals surface area contributed by atoms with E-state index in [0.29, 0.717) is 12.8 Å². The largest absolute Gasteiger partial charge is 0.300 e. The van der Waals surface area contributed by atoms with E-state index in [9.17, 15) is 9.59 Å². The topological polar surface area (TPSA) is 34.1 Å². The average molecular weight is 633 g/mol. The molecule has 41 heavy (non-hydrogen) atoms. The summed E-state index contributed by atoms with van der Waals surface area (Å²) in [4.78, 5) is 33.7. The molecule has 2 nitrogen and oxygen atoms in total. The molecule has 0 saturated carbocycles. The molecular formula is C34H32O2S5. The van der Waals surface area contributed by atoms with Crippen molar-refractivity contribution >= 4 is 69.1 Å². The molecule has 7 heteroatoms. The Morgan fingerprint density at radius 1 is 0.585 bits per heavy atom. The fourth-order valence-electron chi connectivity index (χ4n) is 4.69. The molecule has 0 bridgehead atoms. The fraction of sp³-hybridized carbons (Fsp3) is 0.235. The summed E-state index contributed by atoms with van der Waals surface area (Å²) in [7, 11) is 0. The minimum atomic E-state index is 0.215. The summed E-state index contributed by atoms with van der Waals surface area (Å²) < 4.78 is 0. The monoisotopic (exact) mass is 632 g/mol. The Balaban J connectivity index is 1.54. The summed E-state index contributed by atoms with van der Waals surface area (Å²) >= 11 is 8.94. The zero-order valence-corrected chi connectivity index (χ0v) is 27.7. The van der Waals surface area contributed by atoms with Gasteiger partial charge in [0.15, 0.2) is 0 Å². The Labute approximate surface area is 263 Å². The molecule has 5 aromatic rings. The zero-order valence-electron chi connectivity index (χ0n) is 23.6. The summed E-state index contributed by atoms with van der Waals surface area (Å²) in [5, 5.41) is 0. The summed E-state index contributed by atoms with van der Waals surface area (Å²) in [6.07, 6.45) is 6.79. The van der Waals surface area contributed by atoms with Crippen LogP contribution in [-0.4, -0.2) is 24.1 Å². The summed E-state index contributed by atoms with van der Waals surface area (Å²) in [5.74, 6) is 0.429. The van der Waals surface area contributed by atoms with Crippen molar-refractivity contribution in [2.75, 3.05) is 12.5 Å². The van der Waals surface area contributed by atoms with Gasteiger partial charge in [0.05, 0.1) is 0 Å². The van der Waals surface area contributed by atoms with Gasteiger partial charge in [0.25, 0.3) is 0 Å². The van der Waals surface area contributed by atoms with E-state index in [1.54, 1.807) is 37.4 Å². The zero-order chi connectivity index (χ0) is 28.9. The molecule has 0 fully saturated rings. The maximum atomic E-state index is 11.9. The first kappa shape index (κ1) is 30.1. The smallest absolute Gasteiger partial charge is 0.130 e. The van der Waals surface area contributed by atoms with Gasteiger partial charge in [-0.25, -0.2) is 0 Å². The van der Waals surface area contributed by atoms with E-state index < -0.39 is 0 Å². The average Bonchev–Trinajstić information content (AvgIpc) is 3.73. The van der Waals surface area contributed by atoms with Crippen LogP contribution in [0, 0.1) is 0 Å². The van der Waals surface area contributed by atoms with E-state index in [2.05, 4.69) is 85.3 Å². The SMILES string of the molecule is CSc1cccc(-c2cc(CCC(C)=O)c(-c3ccc(-c4sc(-c5cccc(SC)c5)cc4CCC(C)=O)s3)s2)c1. The lowest BCUT2D eigenvalue weighted by atomic mass is 10.1. The molecule has 0 unspecified atom stereocenters. The van der Waals surface area contributed by atoms with Crippen LogP contribution in [-0.2, 0) is 22.4 Å². The molecule has 0 atom stereocenters. The fourth-order valence-corrected chi connectivity index (χ4v) is 9.32. The van der Waals surface area contributed by atoms with Crippen LogP contribution in [0.2, 0.25) is 0 Å². The van der Waals surface area contributed by atoms with Crippen LogP contribution in [0.15, 0.2) is 82.6 Å². The van der Waals surface area contributed by atoms with E-state index in [-0.39, 0.29) is 11.6 Å². The Bertz CT molecular complexity index is 1560. The first-order valence-electron chi connectivity index (χ1n) is 13.5. The molecule has 0 radical (unpaired) electrons. The Hall–Kier alpha value is -2.42. The summed E-state index contributed by atoms with van der Waals surface area (Å²) in [6, 6.07) is 26.4. The number of carbonyl (C=O) groups excluding carboxylic acids is 2. The van der Waals surface area contributed by atoms with Crippen molar-refractivity contribution in [1.29, 1.82) is 0 Å². The first-order valence-corrected chi connectivity index (χ1v) is 18.4. The van der Waals surface area contributed by atoms with Crippen molar-refractivity contribution in [3.8, 4) is 40.4 Å². The number of carbonyl (C=O) groups is 2. The standard InChI is InChI=1S/C34H32O2S5/c1-21(35)11-13-25-19-31(23-7-5-9-27(17-23)37-3)40-33(25)29-15-16-30(39-29)34-26(14-12-22(2)36)20-32(41-34)24-8-6-10-28(18-24)38-4/h5-10,15-20H,11-14H2,1-4H3. The molecule has 0 aliphatic carbocycles. The van der Waals surface area contributed by atoms with Crippen molar-refractivity contribution in [1.82, 2.24) is 0 Å². The maximum absolute atomic E-state index is 11.9. The van der Waals surface area contributed by atoms with Crippen LogP contribution < -0.4 is 0 Å². The summed E-state index contributed by atoms with van der Waals surface area (Å²) in [6.45, 7) is 3.34. The van der Waals surface area contributed by atoms with Crippen LogP contribution in [0.5, 0.6) is 0 Å². The van der Waals surface area contributed by atoms with E-state index >= 15 is 0 Å². The highest BCUT2D eigenvalue weighted by Crippen LogP contribution is 2.47. The minimum Gasteiger partial charge on any atom is -0.300 e. The summed E-state index contributed by atoms with van der Waals surface area (Å²) in [5.41, 5.74) is 4.91. The molecule has 0 saturated heterocycles. The minimum absolute atomic E-state index is 0.215. The number of thioether (sulfide) groups is 2.